The number of hydrogen-bond acceptors (Lipinski definition) is 5. The summed E-state index contributed by atoms with van der Waals surface area (Å²) in [4.78, 5) is 13.4. The maximum absolute atomic E-state index is 12.1. The number of hydrogen-bond donors (Lipinski definition) is 1. The number of ether oxygens (including phenoxy) is 1. The maximum atomic E-state index is 12.1. The first-order chi connectivity index (χ1) is 12.7. The molecule has 0 spiro atoms. The minimum absolute atomic E-state index is 0.135. The van der Waals surface area contributed by atoms with Gasteiger partial charge in [-0.1, -0.05) is 12.1 Å². The van der Waals surface area contributed by atoms with Crippen molar-refractivity contribution in [3.05, 3.63) is 54.1 Å². The van der Waals surface area contributed by atoms with Crippen molar-refractivity contribution in [2.24, 2.45) is 0 Å². The molecule has 0 aliphatic carbocycles. The summed E-state index contributed by atoms with van der Waals surface area (Å²) in [7, 11) is -0.535. The molecule has 0 fully saturated rings. The van der Waals surface area contributed by atoms with E-state index in [1.807, 2.05) is 37.4 Å². The Kier molecular flexibility index (Phi) is 7.29. The molecule has 0 aliphatic rings. The molecule has 6 nitrogen and oxygen atoms in total. The van der Waals surface area contributed by atoms with Gasteiger partial charge in [-0.05, 0) is 55.1 Å². The summed E-state index contributed by atoms with van der Waals surface area (Å²) in [5.74, 6) is 0.182. The van der Waals surface area contributed by atoms with Crippen molar-refractivity contribution in [3.8, 4) is 5.75 Å². The molecule has 0 saturated heterocycles. The number of carbonyl (C=O) groups excluding carboxylic acids is 1. The lowest BCUT2D eigenvalue weighted by Gasteiger charge is -2.15. The Balaban J connectivity index is 1.89. The zero-order valence-corrected chi connectivity index (χ0v) is 17.4. The van der Waals surface area contributed by atoms with Crippen LogP contribution in [-0.2, 0) is 14.8 Å². The lowest BCUT2D eigenvalue weighted by atomic mass is 10.1. The van der Waals surface area contributed by atoms with Crippen molar-refractivity contribution in [1.29, 1.82) is 0 Å². The molecule has 0 aromatic heterocycles. The van der Waals surface area contributed by atoms with E-state index in [1.165, 1.54) is 43.3 Å². The highest BCUT2D eigenvalue weighted by atomic mass is 32.2. The molecule has 0 aliphatic heterocycles. The highest BCUT2D eigenvalue weighted by molar-refractivity contribution is 7.98. The number of nitrogens with one attached hydrogen (secondary N) is 1. The fourth-order valence-corrected chi connectivity index (χ4v) is 3.64. The molecule has 8 heteroatoms. The Labute approximate surface area is 165 Å². The third-order valence-electron chi connectivity index (χ3n) is 3.97. The third-order valence-corrected chi connectivity index (χ3v) is 6.54. The average Bonchev–Trinajstić information content (AvgIpc) is 2.66. The highest BCUT2D eigenvalue weighted by Gasteiger charge is 2.17. The van der Waals surface area contributed by atoms with Crippen molar-refractivity contribution in [2.45, 2.75) is 22.8 Å². The Bertz CT molecular complexity index is 864. The zero-order valence-electron chi connectivity index (χ0n) is 15.8. The van der Waals surface area contributed by atoms with Crippen LogP contribution in [-0.4, -0.2) is 45.6 Å². The fraction of sp³-hybridized carbons (Fsp3) is 0.316. The summed E-state index contributed by atoms with van der Waals surface area (Å²) in [5, 5.41) is 2.88. The number of rotatable bonds is 8. The molecule has 1 N–H and O–H groups in total. The average molecular weight is 409 g/mol. The van der Waals surface area contributed by atoms with E-state index in [-0.39, 0.29) is 23.5 Å². The smallest absolute Gasteiger partial charge is 0.258 e. The molecule has 2 aromatic rings. The maximum Gasteiger partial charge on any atom is 0.258 e. The Morgan fingerprint density at radius 1 is 1.11 bits per heavy atom. The van der Waals surface area contributed by atoms with Crippen molar-refractivity contribution in [3.63, 3.8) is 0 Å². The fourth-order valence-electron chi connectivity index (χ4n) is 2.33. The van der Waals surface area contributed by atoms with Gasteiger partial charge in [-0.2, -0.15) is 0 Å². The topological polar surface area (TPSA) is 75.7 Å². The van der Waals surface area contributed by atoms with Crippen molar-refractivity contribution < 1.29 is 17.9 Å². The number of sulfonamides is 1. The van der Waals surface area contributed by atoms with Crippen molar-refractivity contribution in [1.82, 2.24) is 9.62 Å². The lowest BCUT2D eigenvalue weighted by Crippen LogP contribution is -2.31. The number of thioether (sulfide) groups is 1. The van der Waals surface area contributed by atoms with Crippen LogP contribution in [0.2, 0.25) is 0 Å². The second kappa shape index (κ2) is 9.25. The first-order valence-corrected chi connectivity index (χ1v) is 11.0. The van der Waals surface area contributed by atoms with Gasteiger partial charge in [0.05, 0.1) is 10.9 Å². The third kappa shape index (κ3) is 5.72. The van der Waals surface area contributed by atoms with Crippen LogP contribution in [0, 0.1) is 0 Å². The molecular formula is C19H24N2O4S2. The van der Waals surface area contributed by atoms with Gasteiger partial charge in [0.1, 0.15) is 5.75 Å². The molecule has 0 radical (unpaired) electrons. The van der Waals surface area contributed by atoms with Gasteiger partial charge in [0.2, 0.25) is 10.0 Å². The molecule has 1 amide bonds. The first kappa shape index (κ1) is 21.3. The molecule has 0 bridgehead atoms. The molecule has 0 unspecified atom stereocenters. The predicted octanol–water partition coefficient (Wildman–Crippen LogP) is 2.92. The van der Waals surface area contributed by atoms with Gasteiger partial charge in [0, 0.05) is 19.0 Å². The standard InChI is InChI=1S/C19H24N2O4S2/c1-14(15-5-9-17(26-4)10-6-15)20-19(22)13-25-16-7-11-18(12-8-16)27(23,24)21(2)3/h5-12,14H,13H2,1-4H3,(H,20,22)/t14-/m1/s1. The number of nitrogens with zero attached hydrogens (tertiary/aromatic N) is 1. The van der Waals surface area contributed by atoms with Crippen LogP contribution < -0.4 is 10.1 Å². The van der Waals surface area contributed by atoms with Crippen LogP contribution in [0.1, 0.15) is 18.5 Å². The summed E-state index contributed by atoms with van der Waals surface area (Å²) in [6, 6.07) is 13.9. The predicted molar refractivity (Wildman–Crippen MR) is 108 cm³/mol. The van der Waals surface area contributed by atoms with E-state index in [0.29, 0.717) is 5.75 Å². The quantitative estimate of drug-likeness (QED) is 0.680. The second-order valence-electron chi connectivity index (χ2n) is 6.11. The number of amides is 1. The Hall–Kier alpha value is -2.03. The van der Waals surface area contributed by atoms with E-state index in [4.69, 9.17) is 4.74 Å². The van der Waals surface area contributed by atoms with Gasteiger partial charge in [-0.15, -0.1) is 11.8 Å². The monoisotopic (exact) mass is 408 g/mol. The van der Waals surface area contributed by atoms with Crippen LogP contribution in [0.5, 0.6) is 5.75 Å². The lowest BCUT2D eigenvalue weighted by molar-refractivity contribution is -0.123. The number of carbonyl (C=O) groups is 1. The van der Waals surface area contributed by atoms with E-state index in [0.717, 1.165) is 9.87 Å². The molecule has 146 valence electrons. The Morgan fingerprint density at radius 3 is 2.22 bits per heavy atom. The van der Waals surface area contributed by atoms with Crippen LogP contribution >= 0.6 is 11.8 Å². The largest absolute Gasteiger partial charge is 0.484 e. The summed E-state index contributed by atoms with van der Waals surface area (Å²) >= 11 is 1.67. The summed E-state index contributed by atoms with van der Waals surface area (Å²) in [6.45, 7) is 1.76. The minimum atomic E-state index is -3.48. The van der Waals surface area contributed by atoms with E-state index >= 15 is 0 Å². The molecular weight excluding hydrogens is 384 g/mol. The normalized spacial score (nSPS) is 12.6. The summed E-state index contributed by atoms with van der Waals surface area (Å²) in [5.41, 5.74) is 1.01. The summed E-state index contributed by atoms with van der Waals surface area (Å²) in [6.07, 6.45) is 2.01. The van der Waals surface area contributed by atoms with E-state index in [1.54, 1.807) is 11.8 Å². The molecule has 0 heterocycles. The van der Waals surface area contributed by atoms with Crippen LogP contribution in [0.4, 0.5) is 0 Å². The van der Waals surface area contributed by atoms with E-state index in [9.17, 15) is 13.2 Å². The van der Waals surface area contributed by atoms with E-state index < -0.39 is 10.0 Å². The minimum Gasteiger partial charge on any atom is -0.484 e. The highest BCUT2D eigenvalue weighted by Crippen LogP contribution is 2.20. The molecule has 1 atom stereocenters. The molecule has 0 saturated carbocycles. The van der Waals surface area contributed by atoms with Gasteiger partial charge in [-0.3, -0.25) is 4.79 Å². The molecule has 2 aromatic carbocycles. The SMILES string of the molecule is CSc1ccc([C@@H](C)NC(=O)COc2ccc(S(=O)(=O)N(C)C)cc2)cc1. The molecule has 27 heavy (non-hydrogen) atoms. The van der Waals surface area contributed by atoms with Gasteiger partial charge in [0.15, 0.2) is 6.61 Å². The first-order valence-electron chi connectivity index (χ1n) is 8.32. The van der Waals surface area contributed by atoms with Gasteiger partial charge in [-0.25, -0.2) is 12.7 Å². The van der Waals surface area contributed by atoms with Crippen molar-refractivity contribution >= 4 is 27.7 Å². The van der Waals surface area contributed by atoms with Crippen LogP contribution in [0.3, 0.4) is 0 Å². The second-order valence-corrected chi connectivity index (χ2v) is 9.14. The van der Waals surface area contributed by atoms with Crippen molar-refractivity contribution in [2.75, 3.05) is 27.0 Å². The zero-order chi connectivity index (χ0) is 20.0. The Morgan fingerprint density at radius 2 is 1.70 bits per heavy atom. The van der Waals surface area contributed by atoms with E-state index in [2.05, 4.69) is 5.32 Å². The number of benzene rings is 2. The van der Waals surface area contributed by atoms with Gasteiger partial charge >= 0.3 is 0 Å². The van der Waals surface area contributed by atoms with Crippen LogP contribution in [0.15, 0.2) is 58.3 Å². The summed E-state index contributed by atoms with van der Waals surface area (Å²) < 4.78 is 30.6. The van der Waals surface area contributed by atoms with Gasteiger partial charge in [0.25, 0.3) is 5.91 Å². The van der Waals surface area contributed by atoms with Crippen LogP contribution in [0.25, 0.3) is 0 Å². The van der Waals surface area contributed by atoms with Gasteiger partial charge < -0.3 is 10.1 Å². The molecule has 2 rings (SSSR count).